The summed E-state index contributed by atoms with van der Waals surface area (Å²) in [4.78, 5) is 14.1. The van der Waals surface area contributed by atoms with Gasteiger partial charge in [-0.05, 0) is 30.7 Å². The van der Waals surface area contributed by atoms with Gasteiger partial charge in [0.15, 0.2) is 0 Å². The number of esters is 1. The van der Waals surface area contributed by atoms with Crippen molar-refractivity contribution < 1.29 is 19.0 Å². The van der Waals surface area contributed by atoms with Crippen LogP contribution < -0.4 is 4.74 Å². The van der Waals surface area contributed by atoms with E-state index in [2.05, 4.69) is 4.90 Å². The Morgan fingerprint density at radius 1 is 1.32 bits per heavy atom. The maximum Gasteiger partial charge on any atom is 0.331 e. The number of hydrogen-bond acceptors (Lipinski definition) is 5. The fourth-order valence-electron chi connectivity index (χ4n) is 2.30. The largest absolute Gasteiger partial charge is 0.497 e. The quantitative estimate of drug-likeness (QED) is 0.594. The summed E-state index contributed by atoms with van der Waals surface area (Å²) in [5, 5.41) is 0. The highest BCUT2D eigenvalue weighted by atomic mass is 16.5. The molecule has 120 valence electrons. The molecule has 1 aliphatic heterocycles. The number of nitrogens with zero attached hydrogens (tertiary/aromatic N) is 1. The molecule has 0 saturated carbocycles. The van der Waals surface area contributed by atoms with Gasteiger partial charge in [-0.3, -0.25) is 4.90 Å². The van der Waals surface area contributed by atoms with E-state index in [4.69, 9.17) is 14.2 Å². The third kappa shape index (κ3) is 5.50. The normalized spacial score (nSPS) is 17.4. The molecule has 1 aromatic carbocycles. The zero-order chi connectivity index (χ0) is 15.8. The molecule has 5 nitrogen and oxygen atoms in total. The lowest BCUT2D eigenvalue weighted by atomic mass is 10.2. The van der Waals surface area contributed by atoms with Crippen molar-refractivity contribution in [2.75, 3.05) is 40.0 Å². The molecular weight excluding hydrogens is 282 g/mol. The second-order valence-electron chi connectivity index (χ2n) is 5.27. The second kappa shape index (κ2) is 8.56. The highest BCUT2D eigenvalue weighted by molar-refractivity contribution is 5.87. The van der Waals surface area contributed by atoms with Crippen LogP contribution in [-0.4, -0.2) is 56.9 Å². The monoisotopic (exact) mass is 305 g/mol. The van der Waals surface area contributed by atoms with Gasteiger partial charge in [-0.25, -0.2) is 4.79 Å². The van der Waals surface area contributed by atoms with Crippen molar-refractivity contribution in [1.29, 1.82) is 0 Å². The number of benzene rings is 1. The lowest BCUT2D eigenvalue weighted by Crippen LogP contribution is -2.41. The summed E-state index contributed by atoms with van der Waals surface area (Å²) in [6.45, 7) is 5.93. The van der Waals surface area contributed by atoms with E-state index in [-0.39, 0.29) is 12.1 Å². The molecule has 1 aliphatic rings. The van der Waals surface area contributed by atoms with Crippen LogP contribution in [-0.2, 0) is 14.3 Å². The molecule has 1 saturated heterocycles. The molecule has 0 aliphatic carbocycles. The highest BCUT2D eigenvalue weighted by Gasteiger charge is 2.15. The van der Waals surface area contributed by atoms with Gasteiger partial charge in [-0.2, -0.15) is 0 Å². The third-order valence-corrected chi connectivity index (χ3v) is 3.46. The SMILES string of the molecule is COc1ccc(/C=C/C(=O)O[C@@H](C)CN2CCOCC2)cc1. The smallest absolute Gasteiger partial charge is 0.331 e. The average Bonchev–Trinajstić information content (AvgIpc) is 2.54. The first kappa shape index (κ1) is 16.5. The van der Waals surface area contributed by atoms with Crippen molar-refractivity contribution in [2.24, 2.45) is 0 Å². The van der Waals surface area contributed by atoms with Gasteiger partial charge >= 0.3 is 5.97 Å². The van der Waals surface area contributed by atoms with Crippen molar-refractivity contribution >= 4 is 12.0 Å². The van der Waals surface area contributed by atoms with E-state index in [1.54, 1.807) is 13.2 Å². The van der Waals surface area contributed by atoms with Crippen molar-refractivity contribution in [3.05, 3.63) is 35.9 Å². The Bertz CT molecular complexity index is 492. The zero-order valence-corrected chi connectivity index (χ0v) is 13.2. The molecule has 1 heterocycles. The van der Waals surface area contributed by atoms with Crippen LogP contribution in [0.3, 0.4) is 0 Å². The minimum atomic E-state index is -0.323. The summed E-state index contributed by atoms with van der Waals surface area (Å²) < 4.78 is 15.8. The second-order valence-corrected chi connectivity index (χ2v) is 5.27. The molecule has 0 radical (unpaired) electrons. The van der Waals surface area contributed by atoms with Crippen LogP contribution in [0, 0.1) is 0 Å². The van der Waals surface area contributed by atoms with Gasteiger partial charge < -0.3 is 14.2 Å². The van der Waals surface area contributed by atoms with Gasteiger partial charge in [0.2, 0.25) is 0 Å². The molecule has 1 aromatic rings. The fraction of sp³-hybridized carbons (Fsp3) is 0.471. The first-order valence-corrected chi connectivity index (χ1v) is 7.50. The van der Waals surface area contributed by atoms with Crippen LogP contribution >= 0.6 is 0 Å². The molecular formula is C17H23NO4. The average molecular weight is 305 g/mol. The third-order valence-electron chi connectivity index (χ3n) is 3.46. The molecule has 5 heteroatoms. The summed E-state index contributed by atoms with van der Waals surface area (Å²) in [7, 11) is 1.62. The summed E-state index contributed by atoms with van der Waals surface area (Å²) >= 11 is 0. The number of hydrogen-bond donors (Lipinski definition) is 0. The number of methoxy groups -OCH3 is 1. The molecule has 1 fully saturated rings. The molecule has 1 atom stereocenters. The van der Waals surface area contributed by atoms with E-state index >= 15 is 0 Å². The Morgan fingerprint density at radius 2 is 2.00 bits per heavy atom. The first-order chi connectivity index (χ1) is 10.7. The van der Waals surface area contributed by atoms with Crippen LogP contribution in [0.15, 0.2) is 30.3 Å². The Labute approximate surface area is 131 Å². The standard InChI is InChI=1S/C17H23NO4/c1-14(13-18-9-11-21-12-10-18)22-17(19)8-5-15-3-6-16(20-2)7-4-15/h3-8,14H,9-13H2,1-2H3/b8-5+/t14-/m0/s1. The molecule has 0 unspecified atom stereocenters. The van der Waals surface area contributed by atoms with E-state index < -0.39 is 0 Å². The summed E-state index contributed by atoms with van der Waals surface area (Å²) in [6, 6.07) is 7.48. The van der Waals surface area contributed by atoms with Crippen LogP contribution in [0.2, 0.25) is 0 Å². The number of carbonyl (C=O) groups excluding carboxylic acids is 1. The van der Waals surface area contributed by atoms with Gasteiger partial charge in [0, 0.05) is 25.7 Å². The van der Waals surface area contributed by atoms with Crippen molar-refractivity contribution in [1.82, 2.24) is 4.90 Å². The van der Waals surface area contributed by atoms with Crippen LogP contribution in [0.25, 0.3) is 6.08 Å². The summed E-state index contributed by atoms with van der Waals surface area (Å²) in [5.41, 5.74) is 0.929. The molecule has 22 heavy (non-hydrogen) atoms. The highest BCUT2D eigenvalue weighted by Crippen LogP contribution is 2.12. The maximum absolute atomic E-state index is 11.8. The van der Waals surface area contributed by atoms with Crippen LogP contribution in [0.5, 0.6) is 5.75 Å². The molecule has 2 rings (SSSR count). The Balaban J connectivity index is 1.76. The van der Waals surface area contributed by atoms with E-state index in [1.807, 2.05) is 31.2 Å². The first-order valence-electron chi connectivity index (χ1n) is 7.50. The van der Waals surface area contributed by atoms with Gasteiger partial charge in [0.05, 0.1) is 20.3 Å². The number of ether oxygens (including phenoxy) is 3. The van der Waals surface area contributed by atoms with Gasteiger partial charge in [-0.1, -0.05) is 12.1 Å². The number of carbonyl (C=O) groups is 1. The molecule has 0 spiro atoms. The van der Waals surface area contributed by atoms with Crippen molar-refractivity contribution in [3.8, 4) is 5.75 Å². The maximum atomic E-state index is 11.8. The molecule has 0 aromatic heterocycles. The van der Waals surface area contributed by atoms with Crippen molar-refractivity contribution in [2.45, 2.75) is 13.0 Å². The van der Waals surface area contributed by atoms with Crippen molar-refractivity contribution in [3.63, 3.8) is 0 Å². The minimum absolute atomic E-state index is 0.133. The lowest BCUT2D eigenvalue weighted by molar-refractivity contribution is -0.143. The van der Waals surface area contributed by atoms with Crippen LogP contribution in [0.1, 0.15) is 12.5 Å². The minimum Gasteiger partial charge on any atom is -0.497 e. The molecule has 0 bridgehead atoms. The van der Waals surface area contributed by atoms with E-state index in [0.717, 1.165) is 44.2 Å². The summed E-state index contributed by atoms with van der Waals surface area (Å²) in [5.74, 6) is 0.468. The summed E-state index contributed by atoms with van der Waals surface area (Å²) in [6.07, 6.45) is 3.06. The van der Waals surface area contributed by atoms with Gasteiger partial charge in [-0.15, -0.1) is 0 Å². The van der Waals surface area contributed by atoms with Crippen LogP contribution in [0.4, 0.5) is 0 Å². The lowest BCUT2D eigenvalue weighted by Gasteiger charge is -2.28. The zero-order valence-electron chi connectivity index (χ0n) is 13.2. The number of morpholine rings is 1. The van der Waals surface area contributed by atoms with E-state index in [1.165, 1.54) is 6.08 Å². The predicted molar refractivity (Wildman–Crippen MR) is 84.8 cm³/mol. The number of rotatable bonds is 6. The Morgan fingerprint density at radius 3 is 2.64 bits per heavy atom. The Hall–Kier alpha value is -1.85. The van der Waals surface area contributed by atoms with E-state index in [9.17, 15) is 4.79 Å². The predicted octanol–water partition coefficient (Wildman–Crippen LogP) is 1.97. The molecule has 0 N–H and O–H groups in total. The molecule has 0 amide bonds. The fourth-order valence-corrected chi connectivity index (χ4v) is 2.30. The Kier molecular flexibility index (Phi) is 6.43. The van der Waals surface area contributed by atoms with Gasteiger partial charge in [0.1, 0.15) is 11.9 Å². The van der Waals surface area contributed by atoms with Gasteiger partial charge in [0.25, 0.3) is 0 Å². The van der Waals surface area contributed by atoms with E-state index in [0.29, 0.717) is 0 Å². The topological polar surface area (TPSA) is 48.0 Å².